The quantitative estimate of drug-likeness (QED) is 0.224. The third-order valence-corrected chi connectivity index (χ3v) is 8.28. The molecule has 0 aliphatic carbocycles. The van der Waals surface area contributed by atoms with Gasteiger partial charge in [0.05, 0.1) is 24.3 Å². The summed E-state index contributed by atoms with van der Waals surface area (Å²) in [5, 5.41) is 15.6. The summed E-state index contributed by atoms with van der Waals surface area (Å²) in [4.78, 5) is 44.0. The fourth-order valence-corrected chi connectivity index (χ4v) is 6.25. The zero-order valence-corrected chi connectivity index (χ0v) is 25.4. The number of hydrogen-bond donors (Lipinski definition) is 2. The van der Waals surface area contributed by atoms with Crippen LogP contribution < -0.4 is 5.32 Å². The van der Waals surface area contributed by atoms with Gasteiger partial charge in [0.1, 0.15) is 11.6 Å². The Morgan fingerprint density at radius 3 is 2.53 bits per heavy atom. The van der Waals surface area contributed by atoms with Crippen molar-refractivity contribution in [1.29, 1.82) is 0 Å². The zero-order chi connectivity index (χ0) is 30.6. The van der Waals surface area contributed by atoms with Crippen LogP contribution in [-0.4, -0.2) is 55.7 Å². The van der Waals surface area contributed by atoms with Gasteiger partial charge in [-0.15, -0.1) is 0 Å². The van der Waals surface area contributed by atoms with Crippen molar-refractivity contribution in [1.82, 2.24) is 19.8 Å². The monoisotopic (exact) mass is 600 g/mol. The number of rotatable bonds is 9. The highest BCUT2D eigenvalue weighted by molar-refractivity contribution is 7.98. The Morgan fingerprint density at radius 1 is 1.02 bits per heavy atom. The topological polar surface area (TPSA) is 114 Å². The van der Waals surface area contributed by atoms with Gasteiger partial charge in [0.15, 0.2) is 5.16 Å². The van der Waals surface area contributed by atoms with Gasteiger partial charge in [0, 0.05) is 18.5 Å². The van der Waals surface area contributed by atoms with Gasteiger partial charge in [-0.05, 0) is 61.6 Å². The molecule has 3 aromatic carbocycles. The molecule has 0 radical (unpaired) electrons. The van der Waals surface area contributed by atoms with Gasteiger partial charge in [0.2, 0.25) is 5.91 Å². The number of imidazole rings is 1. The molecule has 1 aliphatic heterocycles. The van der Waals surface area contributed by atoms with E-state index in [1.165, 1.54) is 16.7 Å². The van der Waals surface area contributed by atoms with Gasteiger partial charge in [0.25, 0.3) is 0 Å². The van der Waals surface area contributed by atoms with Crippen LogP contribution in [0.15, 0.2) is 78.1 Å². The third-order valence-electron chi connectivity index (χ3n) is 7.24. The Bertz CT molecular complexity index is 1640. The highest BCUT2D eigenvalue weighted by atomic mass is 32.2. The lowest BCUT2D eigenvalue weighted by Crippen LogP contribution is -2.47. The molecule has 1 fully saturated rings. The normalized spacial score (nSPS) is 15.0. The predicted molar refractivity (Wildman–Crippen MR) is 166 cm³/mol. The maximum Gasteiger partial charge on any atom is 0.410 e. The summed E-state index contributed by atoms with van der Waals surface area (Å²) in [5.74, 6) is -0.782. The Labute approximate surface area is 255 Å². The van der Waals surface area contributed by atoms with E-state index in [0.717, 1.165) is 22.8 Å². The molecule has 9 nitrogen and oxygen atoms in total. The molecule has 1 aliphatic rings. The first kappa shape index (κ1) is 30.2. The Hall–Kier alpha value is -4.31. The zero-order valence-electron chi connectivity index (χ0n) is 24.6. The Balaban J connectivity index is 1.35. The standard InChI is InChI=1S/C33H36N4O5S/c1-33(2,3)42-32(41)37-17-9-16-28(37)29(38)34-18-25-20-36(19-23-13-8-12-22-10-4-6-14-26(22)23)31(35-25)43-21-24-11-5-7-15-27(24)30(39)40/h4-8,10-15,20,28H,9,16-19,21H2,1-3H3,(H,34,38)(H,39,40)/t28-/m0/s1. The summed E-state index contributed by atoms with van der Waals surface area (Å²) in [6.45, 7) is 6.65. The summed E-state index contributed by atoms with van der Waals surface area (Å²) >= 11 is 1.45. The van der Waals surface area contributed by atoms with Gasteiger partial charge in [-0.1, -0.05) is 72.4 Å². The summed E-state index contributed by atoms with van der Waals surface area (Å²) in [6.07, 6.45) is 2.75. The molecule has 1 aromatic heterocycles. The molecule has 1 saturated heterocycles. The number of aromatic nitrogens is 2. The van der Waals surface area contributed by atoms with E-state index >= 15 is 0 Å². The number of aromatic carboxylic acids is 1. The third kappa shape index (κ3) is 7.37. The van der Waals surface area contributed by atoms with E-state index in [1.54, 1.807) is 32.9 Å². The molecule has 5 rings (SSSR count). The van der Waals surface area contributed by atoms with Gasteiger partial charge >= 0.3 is 12.1 Å². The average Bonchev–Trinajstić information content (AvgIpc) is 3.62. The van der Waals surface area contributed by atoms with Crippen molar-refractivity contribution in [3.8, 4) is 0 Å². The van der Waals surface area contributed by atoms with Crippen LogP contribution in [0.5, 0.6) is 0 Å². The van der Waals surface area contributed by atoms with Crippen LogP contribution in [0.4, 0.5) is 4.79 Å². The van der Waals surface area contributed by atoms with Gasteiger partial charge in [-0.3, -0.25) is 9.69 Å². The number of carbonyl (C=O) groups excluding carboxylic acids is 2. The number of hydrogen-bond acceptors (Lipinski definition) is 6. The first-order valence-corrected chi connectivity index (χ1v) is 15.3. The second-order valence-electron chi connectivity index (χ2n) is 11.6. The van der Waals surface area contributed by atoms with Crippen molar-refractivity contribution in [3.05, 3.63) is 95.3 Å². The first-order chi connectivity index (χ1) is 20.6. The van der Waals surface area contributed by atoms with E-state index in [1.807, 2.05) is 41.1 Å². The molecular weight excluding hydrogens is 564 g/mol. The first-order valence-electron chi connectivity index (χ1n) is 14.3. The van der Waals surface area contributed by atoms with E-state index in [2.05, 4.69) is 29.6 Å². The van der Waals surface area contributed by atoms with E-state index in [9.17, 15) is 19.5 Å². The number of amides is 2. The summed E-state index contributed by atoms with van der Waals surface area (Å²) in [6, 6.07) is 20.8. The Morgan fingerprint density at radius 2 is 1.74 bits per heavy atom. The molecule has 4 aromatic rings. The number of nitrogens with one attached hydrogen (secondary N) is 1. The number of carboxylic acids is 1. The smallest absolute Gasteiger partial charge is 0.410 e. The minimum atomic E-state index is -0.967. The van der Waals surface area contributed by atoms with E-state index in [0.29, 0.717) is 41.7 Å². The average molecular weight is 601 g/mol. The molecule has 2 N–H and O–H groups in total. The summed E-state index contributed by atoms with van der Waals surface area (Å²) < 4.78 is 7.55. The van der Waals surface area contributed by atoms with Crippen molar-refractivity contribution >= 4 is 40.5 Å². The van der Waals surface area contributed by atoms with E-state index < -0.39 is 23.7 Å². The van der Waals surface area contributed by atoms with Gasteiger partial charge in [-0.2, -0.15) is 0 Å². The lowest BCUT2D eigenvalue weighted by molar-refractivity contribution is -0.125. The molecular formula is C33H36N4O5S. The highest BCUT2D eigenvalue weighted by Crippen LogP contribution is 2.27. The molecule has 2 heterocycles. The number of ether oxygens (including phenoxy) is 1. The lowest BCUT2D eigenvalue weighted by atomic mass is 10.0. The van der Waals surface area contributed by atoms with Crippen molar-refractivity contribution < 1.29 is 24.2 Å². The van der Waals surface area contributed by atoms with Crippen LogP contribution in [0.3, 0.4) is 0 Å². The van der Waals surface area contributed by atoms with Crippen molar-refractivity contribution in [2.75, 3.05) is 6.54 Å². The number of thioether (sulfide) groups is 1. The van der Waals surface area contributed by atoms with Crippen LogP contribution in [0, 0.1) is 0 Å². The molecule has 10 heteroatoms. The molecule has 1 atom stereocenters. The molecule has 0 bridgehead atoms. The number of likely N-dealkylation sites (tertiary alicyclic amines) is 1. The SMILES string of the molecule is CC(C)(C)OC(=O)N1CCC[C@H]1C(=O)NCc1cn(Cc2cccc3ccccc23)c(SCc2ccccc2C(=O)O)n1. The van der Waals surface area contributed by atoms with Crippen LogP contribution in [0.25, 0.3) is 10.8 Å². The highest BCUT2D eigenvalue weighted by Gasteiger charge is 2.36. The van der Waals surface area contributed by atoms with Crippen LogP contribution in [-0.2, 0) is 28.4 Å². The van der Waals surface area contributed by atoms with Gasteiger partial charge in [-0.25, -0.2) is 14.6 Å². The van der Waals surface area contributed by atoms with Crippen molar-refractivity contribution in [2.24, 2.45) is 0 Å². The second-order valence-corrected chi connectivity index (χ2v) is 12.5. The maximum atomic E-state index is 13.2. The molecule has 0 spiro atoms. The second kappa shape index (κ2) is 12.9. The largest absolute Gasteiger partial charge is 0.478 e. The molecule has 43 heavy (non-hydrogen) atoms. The molecule has 0 saturated carbocycles. The van der Waals surface area contributed by atoms with E-state index in [4.69, 9.17) is 9.72 Å². The minimum absolute atomic E-state index is 0.194. The summed E-state index contributed by atoms with van der Waals surface area (Å²) in [7, 11) is 0. The van der Waals surface area contributed by atoms with Gasteiger partial charge < -0.3 is 19.7 Å². The van der Waals surface area contributed by atoms with Crippen LogP contribution >= 0.6 is 11.8 Å². The predicted octanol–water partition coefficient (Wildman–Crippen LogP) is 6.09. The fraction of sp³-hybridized carbons (Fsp3) is 0.333. The summed E-state index contributed by atoms with van der Waals surface area (Å²) in [5.41, 5.74) is 2.12. The number of benzene rings is 3. The van der Waals surface area contributed by atoms with Crippen molar-refractivity contribution in [2.45, 2.75) is 69.3 Å². The van der Waals surface area contributed by atoms with E-state index in [-0.39, 0.29) is 18.0 Å². The molecule has 224 valence electrons. The van der Waals surface area contributed by atoms with Crippen LogP contribution in [0.1, 0.15) is 60.8 Å². The maximum absolute atomic E-state index is 13.2. The number of fused-ring (bicyclic) bond motifs is 1. The minimum Gasteiger partial charge on any atom is -0.478 e. The number of carbonyl (C=O) groups is 3. The molecule has 2 amide bonds. The van der Waals surface area contributed by atoms with Crippen molar-refractivity contribution in [3.63, 3.8) is 0 Å². The Kier molecular flexibility index (Phi) is 9.05. The number of nitrogens with zero attached hydrogens (tertiary/aromatic N) is 3. The fourth-order valence-electron chi connectivity index (χ4n) is 5.25. The lowest BCUT2D eigenvalue weighted by Gasteiger charge is -2.27. The number of carboxylic acid groups (broad SMARTS) is 1. The molecule has 0 unspecified atom stereocenters. The van der Waals surface area contributed by atoms with Crippen LogP contribution in [0.2, 0.25) is 0 Å².